The molecule has 0 saturated carbocycles. The van der Waals surface area contributed by atoms with Gasteiger partial charge in [-0.2, -0.15) is 5.26 Å². The first kappa shape index (κ1) is 12.6. The van der Waals surface area contributed by atoms with Crippen molar-refractivity contribution in [3.05, 3.63) is 59.7 Å². The molecule has 100 valence electrons. The molecule has 0 fully saturated rings. The molecule has 1 aliphatic heterocycles. The van der Waals surface area contributed by atoms with Crippen LogP contribution in [0.2, 0.25) is 0 Å². The largest absolute Gasteiger partial charge is 0.381 e. The first-order valence-electron chi connectivity index (χ1n) is 6.86. The lowest BCUT2D eigenvalue weighted by Crippen LogP contribution is -2.41. The van der Waals surface area contributed by atoms with Gasteiger partial charge in [0.05, 0.1) is 23.0 Å². The van der Waals surface area contributed by atoms with E-state index >= 15 is 0 Å². The Labute approximate surface area is 119 Å². The first-order valence-corrected chi connectivity index (χ1v) is 6.86. The summed E-state index contributed by atoms with van der Waals surface area (Å²) < 4.78 is 0. The fraction of sp³-hybridized carbons (Fsp3) is 0.235. The number of nitrogens with one attached hydrogen (secondary N) is 1. The van der Waals surface area contributed by atoms with Gasteiger partial charge in [-0.3, -0.25) is 0 Å². The molecule has 0 radical (unpaired) electrons. The van der Waals surface area contributed by atoms with Gasteiger partial charge in [0.15, 0.2) is 0 Å². The Morgan fingerprint density at radius 1 is 1.25 bits per heavy atom. The monoisotopic (exact) mass is 263 g/mol. The molecule has 0 aromatic heterocycles. The highest BCUT2D eigenvalue weighted by Crippen LogP contribution is 2.32. The number of nitriles is 1. The van der Waals surface area contributed by atoms with Gasteiger partial charge >= 0.3 is 0 Å². The molecule has 0 spiro atoms. The Morgan fingerprint density at radius 3 is 2.95 bits per heavy atom. The number of hydrogen-bond donors (Lipinski definition) is 1. The molecule has 1 N–H and O–H groups in total. The van der Waals surface area contributed by atoms with Crippen molar-refractivity contribution in [1.29, 1.82) is 5.26 Å². The highest BCUT2D eigenvalue weighted by atomic mass is 15.2. The van der Waals surface area contributed by atoms with Crippen molar-refractivity contribution >= 4 is 11.4 Å². The standard InChI is InChI=1S/C17H17N3/c1-13-11-19-16-7-2-3-8-17(16)20(13)12-15-6-4-5-14(9-15)10-18/h2-9,13,19H,11-12H2,1H3. The zero-order valence-electron chi connectivity index (χ0n) is 11.5. The molecule has 3 nitrogen and oxygen atoms in total. The molecular weight excluding hydrogens is 246 g/mol. The number of rotatable bonds is 2. The molecule has 3 rings (SSSR count). The first-order chi connectivity index (χ1) is 9.78. The van der Waals surface area contributed by atoms with Gasteiger partial charge in [-0.05, 0) is 36.8 Å². The lowest BCUT2D eigenvalue weighted by Gasteiger charge is -2.37. The number of benzene rings is 2. The Kier molecular flexibility index (Phi) is 3.30. The average molecular weight is 263 g/mol. The summed E-state index contributed by atoms with van der Waals surface area (Å²) >= 11 is 0. The van der Waals surface area contributed by atoms with Gasteiger partial charge in [-0.1, -0.05) is 24.3 Å². The molecule has 3 heteroatoms. The maximum atomic E-state index is 9.00. The Balaban J connectivity index is 1.92. The smallest absolute Gasteiger partial charge is 0.0991 e. The number of hydrogen-bond acceptors (Lipinski definition) is 3. The van der Waals surface area contributed by atoms with Crippen LogP contribution in [0, 0.1) is 11.3 Å². The van der Waals surface area contributed by atoms with E-state index in [2.05, 4.69) is 53.5 Å². The van der Waals surface area contributed by atoms with E-state index in [-0.39, 0.29) is 0 Å². The average Bonchev–Trinajstić information content (AvgIpc) is 2.50. The third kappa shape index (κ3) is 2.33. The fourth-order valence-electron chi connectivity index (χ4n) is 2.66. The van der Waals surface area contributed by atoms with Gasteiger partial charge in [0.1, 0.15) is 0 Å². The highest BCUT2D eigenvalue weighted by Gasteiger charge is 2.22. The summed E-state index contributed by atoms with van der Waals surface area (Å²) in [5, 5.41) is 12.5. The van der Waals surface area contributed by atoms with Crippen molar-refractivity contribution in [2.45, 2.75) is 19.5 Å². The molecule has 1 unspecified atom stereocenters. The third-order valence-corrected chi connectivity index (χ3v) is 3.74. The molecule has 2 aromatic rings. The van der Waals surface area contributed by atoms with E-state index in [1.54, 1.807) is 0 Å². The predicted molar refractivity (Wildman–Crippen MR) is 81.7 cm³/mol. The van der Waals surface area contributed by atoms with Crippen LogP contribution in [0.4, 0.5) is 11.4 Å². The molecule has 0 saturated heterocycles. The van der Waals surface area contributed by atoms with Gasteiger partial charge in [-0.25, -0.2) is 0 Å². The van der Waals surface area contributed by atoms with Crippen molar-refractivity contribution in [2.75, 3.05) is 16.8 Å². The SMILES string of the molecule is CC1CNc2ccccc2N1Cc1cccc(C#N)c1. The van der Waals surface area contributed by atoms with E-state index in [4.69, 9.17) is 5.26 Å². The second kappa shape index (κ2) is 5.26. The van der Waals surface area contributed by atoms with Crippen molar-refractivity contribution in [3.63, 3.8) is 0 Å². The van der Waals surface area contributed by atoms with Crippen LogP contribution in [0.15, 0.2) is 48.5 Å². The zero-order chi connectivity index (χ0) is 13.9. The van der Waals surface area contributed by atoms with Gasteiger partial charge in [0, 0.05) is 19.1 Å². The van der Waals surface area contributed by atoms with Crippen molar-refractivity contribution in [2.24, 2.45) is 0 Å². The summed E-state index contributed by atoms with van der Waals surface area (Å²) in [5.41, 5.74) is 4.31. The molecule has 2 aromatic carbocycles. The second-order valence-electron chi connectivity index (χ2n) is 5.19. The van der Waals surface area contributed by atoms with Crippen LogP contribution >= 0.6 is 0 Å². The summed E-state index contributed by atoms with van der Waals surface area (Å²) in [7, 11) is 0. The molecule has 1 atom stereocenters. The molecule has 0 amide bonds. The minimum Gasteiger partial charge on any atom is -0.381 e. The van der Waals surface area contributed by atoms with Crippen LogP contribution in [0.1, 0.15) is 18.1 Å². The van der Waals surface area contributed by atoms with Gasteiger partial charge < -0.3 is 10.2 Å². The number of nitrogens with zero attached hydrogens (tertiary/aromatic N) is 2. The van der Waals surface area contributed by atoms with Crippen LogP contribution in [-0.4, -0.2) is 12.6 Å². The summed E-state index contributed by atoms with van der Waals surface area (Å²) in [4.78, 5) is 2.39. The van der Waals surface area contributed by atoms with Crippen LogP contribution < -0.4 is 10.2 Å². The lowest BCUT2D eigenvalue weighted by atomic mass is 10.1. The Morgan fingerprint density at radius 2 is 2.10 bits per heavy atom. The lowest BCUT2D eigenvalue weighted by molar-refractivity contribution is 0.641. The van der Waals surface area contributed by atoms with E-state index < -0.39 is 0 Å². The minimum absolute atomic E-state index is 0.427. The van der Waals surface area contributed by atoms with E-state index in [9.17, 15) is 0 Å². The molecule has 20 heavy (non-hydrogen) atoms. The van der Waals surface area contributed by atoms with Crippen molar-refractivity contribution < 1.29 is 0 Å². The van der Waals surface area contributed by atoms with Crippen LogP contribution in [0.3, 0.4) is 0 Å². The minimum atomic E-state index is 0.427. The molecule has 1 aliphatic rings. The summed E-state index contributed by atoms with van der Waals surface area (Å²) in [6.07, 6.45) is 0. The van der Waals surface area contributed by atoms with Crippen LogP contribution in [-0.2, 0) is 6.54 Å². The maximum absolute atomic E-state index is 9.00. The van der Waals surface area contributed by atoms with E-state index in [1.165, 1.54) is 16.9 Å². The Hall–Kier alpha value is -2.47. The highest BCUT2D eigenvalue weighted by molar-refractivity contribution is 5.72. The number of fused-ring (bicyclic) bond motifs is 1. The summed E-state index contributed by atoms with van der Waals surface area (Å²) in [6, 6.07) is 18.9. The van der Waals surface area contributed by atoms with E-state index in [1.807, 2.05) is 18.2 Å². The zero-order valence-corrected chi connectivity index (χ0v) is 11.5. The van der Waals surface area contributed by atoms with Gasteiger partial charge in [-0.15, -0.1) is 0 Å². The normalized spacial score (nSPS) is 17.0. The van der Waals surface area contributed by atoms with Gasteiger partial charge in [0.2, 0.25) is 0 Å². The molecule has 0 aliphatic carbocycles. The van der Waals surface area contributed by atoms with E-state index in [0.29, 0.717) is 6.04 Å². The fourth-order valence-corrected chi connectivity index (χ4v) is 2.66. The molecular formula is C17H17N3. The molecule has 0 bridgehead atoms. The van der Waals surface area contributed by atoms with Crippen molar-refractivity contribution in [3.8, 4) is 6.07 Å². The number of anilines is 2. The quantitative estimate of drug-likeness (QED) is 0.902. The maximum Gasteiger partial charge on any atom is 0.0991 e. The van der Waals surface area contributed by atoms with Crippen molar-refractivity contribution in [1.82, 2.24) is 0 Å². The van der Waals surface area contributed by atoms with Crippen LogP contribution in [0.25, 0.3) is 0 Å². The second-order valence-corrected chi connectivity index (χ2v) is 5.19. The summed E-state index contributed by atoms with van der Waals surface area (Å²) in [5.74, 6) is 0. The Bertz CT molecular complexity index is 657. The van der Waals surface area contributed by atoms with Crippen LogP contribution in [0.5, 0.6) is 0 Å². The third-order valence-electron chi connectivity index (χ3n) is 3.74. The van der Waals surface area contributed by atoms with E-state index in [0.717, 1.165) is 18.7 Å². The predicted octanol–water partition coefficient (Wildman–Crippen LogP) is 3.38. The van der Waals surface area contributed by atoms with Gasteiger partial charge in [0.25, 0.3) is 0 Å². The molecule has 1 heterocycles. The number of para-hydroxylation sites is 2. The topological polar surface area (TPSA) is 39.1 Å². The summed E-state index contributed by atoms with van der Waals surface area (Å²) in [6.45, 7) is 3.99.